The molecule has 158 valence electrons. The lowest BCUT2D eigenvalue weighted by molar-refractivity contribution is -0.142. The van der Waals surface area contributed by atoms with Crippen LogP contribution in [-0.2, 0) is 9.53 Å². The molecule has 0 aliphatic rings. The topological polar surface area (TPSA) is 79.5 Å². The van der Waals surface area contributed by atoms with Gasteiger partial charge in [0.1, 0.15) is 17.4 Å². The minimum atomic E-state index is -0.719. The number of hydrogen-bond acceptors (Lipinski definition) is 5. The van der Waals surface area contributed by atoms with Gasteiger partial charge in [0.25, 0.3) is 0 Å². The predicted octanol–water partition coefficient (Wildman–Crippen LogP) is 4.74. The molecule has 0 spiro atoms. The molecule has 0 saturated carbocycles. The van der Waals surface area contributed by atoms with Gasteiger partial charge in [-0.25, -0.2) is 4.79 Å². The molecule has 5 heteroatoms. The molecule has 0 fully saturated rings. The van der Waals surface area contributed by atoms with E-state index in [-0.39, 0.29) is 18.8 Å². The molecule has 1 N–H and O–H groups in total. The van der Waals surface area contributed by atoms with Crippen molar-refractivity contribution in [1.82, 2.24) is 0 Å². The summed E-state index contributed by atoms with van der Waals surface area (Å²) in [5.74, 6) is -0.0459. The second-order valence-corrected chi connectivity index (χ2v) is 8.05. The Balaban J connectivity index is 2.14. The third kappa shape index (κ3) is 5.11. The molecule has 0 heterocycles. The first kappa shape index (κ1) is 22.1. The smallest absolute Gasteiger partial charge is 0.349 e. The number of nitriles is 1. The van der Waals surface area contributed by atoms with Gasteiger partial charge in [-0.05, 0) is 40.1 Å². The Morgan fingerprint density at radius 3 is 2.26 bits per heavy atom. The molecule has 0 aliphatic heterocycles. The fourth-order valence-corrected chi connectivity index (χ4v) is 3.14. The molecule has 3 aromatic rings. The van der Waals surface area contributed by atoms with E-state index in [1.54, 1.807) is 33.1 Å². The fraction of sp³-hybridized carbons (Fsp3) is 0.231. The van der Waals surface area contributed by atoms with Gasteiger partial charge >= 0.3 is 5.97 Å². The number of carbonyl (C=O) groups is 1. The average molecular weight is 415 g/mol. The molecule has 0 radical (unpaired) electrons. The molecule has 3 aromatic carbocycles. The number of carbonyl (C=O) groups excluding carboxylic acids is 1. The molecule has 0 unspecified atom stereocenters. The van der Waals surface area contributed by atoms with Gasteiger partial charge in [-0.1, -0.05) is 62.4 Å². The molecule has 0 bridgehead atoms. The van der Waals surface area contributed by atoms with E-state index in [1.807, 2.05) is 60.7 Å². The summed E-state index contributed by atoms with van der Waals surface area (Å²) in [5, 5.41) is 21.4. The molecule has 0 atom stereocenters. The van der Waals surface area contributed by atoms with Crippen molar-refractivity contribution in [3.63, 3.8) is 0 Å². The average Bonchev–Trinajstić information content (AvgIpc) is 2.81. The number of esters is 1. The zero-order chi connectivity index (χ0) is 22.4. The first-order chi connectivity index (χ1) is 14.9. The standard InChI is InChI=1S/C26H25NO4/c1-26(2,16-28)17-31-25(29)23(15-27)24(19-10-12-22(30-3)13-11-19)21-9-8-18-6-4-5-7-20(18)14-21/h4-14,28H,16-17H2,1-3H3. The number of fused-ring (bicyclic) bond motifs is 1. The van der Waals surface area contributed by atoms with Gasteiger partial charge < -0.3 is 14.6 Å². The zero-order valence-corrected chi connectivity index (χ0v) is 17.9. The highest BCUT2D eigenvalue weighted by Gasteiger charge is 2.24. The maximum atomic E-state index is 12.9. The highest BCUT2D eigenvalue weighted by atomic mass is 16.5. The van der Waals surface area contributed by atoms with Crippen LogP contribution < -0.4 is 4.74 Å². The van der Waals surface area contributed by atoms with Gasteiger partial charge in [0.05, 0.1) is 20.3 Å². The fourth-order valence-electron chi connectivity index (χ4n) is 3.14. The van der Waals surface area contributed by atoms with Crippen molar-refractivity contribution in [1.29, 1.82) is 5.26 Å². The van der Waals surface area contributed by atoms with Gasteiger partial charge in [-0.3, -0.25) is 0 Å². The minimum absolute atomic E-state index is 0.00112. The van der Waals surface area contributed by atoms with E-state index in [0.717, 1.165) is 16.3 Å². The monoisotopic (exact) mass is 415 g/mol. The third-order valence-electron chi connectivity index (χ3n) is 5.00. The lowest BCUT2D eigenvalue weighted by Gasteiger charge is -2.21. The largest absolute Gasteiger partial charge is 0.497 e. The number of aliphatic hydroxyl groups is 1. The number of hydrogen-bond donors (Lipinski definition) is 1. The van der Waals surface area contributed by atoms with Crippen LogP contribution in [0.15, 0.2) is 72.3 Å². The van der Waals surface area contributed by atoms with E-state index in [2.05, 4.69) is 0 Å². The van der Waals surface area contributed by atoms with Crippen molar-refractivity contribution in [3.8, 4) is 11.8 Å². The normalized spacial score (nSPS) is 12.1. The van der Waals surface area contributed by atoms with E-state index in [0.29, 0.717) is 16.9 Å². The number of methoxy groups -OCH3 is 1. The minimum Gasteiger partial charge on any atom is -0.497 e. The molecular formula is C26H25NO4. The summed E-state index contributed by atoms with van der Waals surface area (Å²) in [6, 6.07) is 22.9. The van der Waals surface area contributed by atoms with Crippen LogP contribution in [0.3, 0.4) is 0 Å². The van der Waals surface area contributed by atoms with E-state index in [4.69, 9.17) is 9.47 Å². The molecule has 0 amide bonds. The van der Waals surface area contributed by atoms with Gasteiger partial charge in [0, 0.05) is 11.0 Å². The Bertz CT molecular complexity index is 1150. The quantitative estimate of drug-likeness (QED) is 0.343. The first-order valence-electron chi connectivity index (χ1n) is 9.94. The lowest BCUT2D eigenvalue weighted by Crippen LogP contribution is -2.26. The van der Waals surface area contributed by atoms with Crippen LogP contribution in [0.2, 0.25) is 0 Å². The molecular weight excluding hydrogens is 390 g/mol. The van der Waals surface area contributed by atoms with Gasteiger partial charge in [-0.15, -0.1) is 0 Å². The van der Waals surface area contributed by atoms with Crippen molar-refractivity contribution in [2.24, 2.45) is 5.41 Å². The Kier molecular flexibility index (Phi) is 6.74. The predicted molar refractivity (Wildman–Crippen MR) is 120 cm³/mol. The molecule has 31 heavy (non-hydrogen) atoms. The molecule has 0 saturated heterocycles. The number of ether oxygens (including phenoxy) is 2. The van der Waals surface area contributed by atoms with Crippen molar-refractivity contribution in [3.05, 3.63) is 83.4 Å². The second kappa shape index (κ2) is 9.46. The van der Waals surface area contributed by atoms with E-state index in [9.17, 15) is 15.2 Å². The van der Waals surface area contributed by atoms with Crippen LogP contribution in [-0.4, -0.2) is 31.4 Å². The van der Waals surface area contributed by atoms with E-state index < -0.39 is 11.4 Å². The van der Waals surface area contributed by atoms with Crippen LogP contribution in [0, 0.1) is 16.7 Å². The van der Waals surface area contributed by atoms with Crippen molar-refractivity contribution < 1.29 is 19.4 Å². The maximum absolute atomic E-state index is 12.9. The molecule has 0 aromatic heterocycles. The van der Waals surface area contributed by atoms with Crippen LogP contribution in [0.1, 0.15) is 25.0 Å². The first-order valence-corrected chi connectivity index (χ1v) is 9.94. The van der Waals surface area contributed by atoms with Gasteiger partial charge in [0.15, 0.2) is 0 Å². The molecule has 0 aliphatic carbocycles. The summed E-state index contributed by atoms with van der Waals surface area (Å²) in [7, 11) is 1.58. The second-order valence-electron chi connectivity index (χ2n) is 8.05. The highest BCUT2D eigenvalue weighted by Crippen LogP contribution is 2.31. The molecule has 3 rings (SSSR count). The Hall–Kier alpha value is -3.62. The lowest BCUT2D eigenvalue weighted by atomic mass is 9.91. The summed E-state index contributed by atoms with van der Waals surface area (Å²) >= 11 is 0. The van der Waals surface area contributed by atoms with E-state index in [1.165, 1.54) is 0 Å². The van der Waals surface area contributed by atoms with Crippen LogP contribution in [0.4, 0.5) is 0 Å². The third-order valence-corrected chi connectivity index (χ3v) is 5.00. The number of aliphatic hydroxyl groups excluding tert-OH is 1. The SMILES string of the molecule is COc1ccc(C(=C(C#N)C(=O)OCC(C)(C)CO)c2ccc3ccccc3c2)cc1. The van der Waals surface area contributed by atoms with Crippen molar-refractivity contribution in [2.45, 2.75) is 13.8 Å². The Morgan fingerprint density at radius 2 is 1.65 bits per heavy atom. The summed E-state index contributed by atoms with van der Waals surface area (Å²) in [5.41, 5.74) is 1.24. The Morgan fingerprint density at radius 1 is 1.00 bits per heavy atom. The van der Waals surface area contributed by atoms with Crippen LogP contribution in [0.25, 0.3) is 16.3 Å². The highest BCUT2D eigenvalue weighted by molar-refractivity contribution is 6.06. The number of rotatable bonds is 7. The van der Waals surface area contributed by atoms with Crippen molar-refractivity contribution >= 4 is 22.3 Å². The van der Waals surface area contributed by atoms with Crippen LogP contribution in [0.5, 0.6) is 5.75 Å². The summed E-state index contributed by atoms with van der Waals surface area (Å²) < 4.78 is 10.6. The van der Waals surface area contributed by atoms with Crippen LogP contribution >= 0.6 is 0 Å². The maximum Gasteiger partial charge on any atom is 0.349 e. The zero-order valence-electron chi connectivity index (χ0n) is 17.9. The Labute approximate surface area is 182 Å². The van der Waals surface area contributed by atoms with Gasteiger partial charge in [-0.2, -0.15) is 5.26 Å². The van der Waals surface area contributed by atoms with Gasteiger partial charge in [0.2, 0.25) is 0 Å². The number of benzene rings is 3. The molecule has 5 nitrogen and oxygen atoms in total. The van der Waals surface area contributed by atoms with Crippen molar-refractivity contribution in [2.75, 3.05) is 20.3 Å². The summed E-state index contributed by atoms with van der Waals surface area (Å²) in [6.07, 6.45) is 0. The number of nitrogens with zero attached hydrogens (tertiary/aromatic N) is 1. The van der Waals surface area contributed by atoms with E-state index >= 15 is 0 Å². The summed E-state index contributed by atoms with van der Waals surface area (Å²) in [6.45, 7) is 3.43. The summed E-state index contributed by atoms with van der Waals surface area (Å²) in [4.78, 5) is 12.9.